The fraction of sp³-hybridized carbons (Fsp3) is 0.412. The lowest BCUT2D eigenvalue weighted by molar-refractivity contribution is 0.0512. The van der Waals surface area contributed by atoms with Crippen LogP contribution in [0.25, 0.3) is 21.9 Å². The predicted octanol–water partition coefficient (Wildman–Crippen LogP) is 3.26. The number of imidazole rings is 1. The van der Waals surface area contributed by atoms with E-state index < -0.39 is 0 Å². The van der Waals surface area contributed by atoms with Gasteiger partial charge in [0.05, 0.1) is 24.0 Å². The van der Waals surface area contributed by atoms with E-state index in [1.54, 1.807) is 13.4 Å². The molecule has 2 unspecified atom stereocenters. The molecular weight excluding hydrogens is 372 g/mol. The lowest BCUT2D eigenvalue weighted by Crippen LogP contribution is -2.24. The SMILES string of the molecule is CCOCC(Cc1ccc2c(c1)nc(N)c1nc[nH]c12)C(Br)OC. The molecule has 0 saturated carbocycles. The molecule has 128 valence electrons. The molecule has 0 aliphatic heterocycles. The summed E-state index contributed by atoms with van der Waals surface area (Å²) in [5.41, 5.74) is 9.67. The second-order valence-corrected chi connectivity index (χ2v) is 6.59. The van der Waals surface area contributed by atoms with E-state index in [9.17, 15) is 0 Å². The van der Waals surface area contributed by atoms with E-state index in [1.807, 2.05) is 6.92 Å². The van der Waals surface area contributed by atoms with Crippen molar-refractivity contribution in [1.29, 1.82) is 0 Å². The molecule has 0 radical (unpaired) electrons. The highest BCUT2D eigenvalue weighted by molar-refractivity contribution is 9.09. The summed E-state index contributed by atoms with van der Waals surface area (Å²) in [4.78, 5) is 11.9. The quantitative estimate of drug-likeness (QED) is 0.602. The summed E-state index contributed by atoms with van der Waals surface area (Å²) in [5, 5.41) is 0.955. The van der Waals surface area contributed by atoms with Crippen LogP contribution >= 0.6 is 15.9 Å². The van der Waals surface area contributed by atoms with Gasteiger partial charge in [-0.1, -0.05) is 28.1 Å². The van der Waals surface area contributed by atoms with Crippen LogP contribution < -0.4 is 5.73 Å². The Balaban J connectivity index is 1.93. The van der Waals surface area contributed by atoms with Crippen molar-refractivity contribution >= 4 is 43.7 Å². The number of nitrogens with zero attached hydrogens (tertiary/aromatic N) is 2. The van der Waals surface area contributed by atoms with Crippen LogP contribution in [-0.2, 0) is 15.9 Å². The molecule has 24 heavy (non-hydrogen) atoms. The van der Waals surface area contributed by atoms with Crippen LogP contribution in [0.1, 0.15) is 12.5 Å². The summed E-state index contributed by atoms with van der Waals surface area (Å²) in [5.74, 6) is 0.651. The number of alkyl halides is 1. The third kappa shape index (κ3) is 3.38. The number of nitrogens with one attached hydrogen (secondary N) is 1. The normalized spacial score (nSPS) is 14.3. The number of benzene rings is 1. The lowest BCUT2D eigenvalue weighted by atomic mass is 9.99. The van der Waals surface area contributed by atoms with Crippen LogP contribution in [0.4, 0.5) is 5.82 Å². The van der Waals surface area contributed by atoms with Crippen molar-refractivity contribution < 1.29 is 9.47 Å². The van der Waals surface area contributed by atoms with Gasteiger partial charge in [-0.3, -0.25) is 0 Å². The molecule has 3 N–H and O–H groups in total. The Hall–Kier alpha value is -1.70. The summed E-state index contributed by atoms with van der Waals surface area (Å²) in [6, 6.07) is 6.24. The third-order valence-electron chi connectivity index (χ3n) is 4.08. The third-order valence-corrected chi connectivity index (χ3v) is 5.21. The van der Waals surface area contributed by atoms with Crippen molar-refractivity contribution in [3.63, 3.8) is 0 Å². The van der Waals surface area contributed by atoms with Crippen molar-refractivity contribution in [3.05, 3.63) is 30.1 Å². The largest absolute Gasteiger partial charge is 0.382 e. The highest BCUT2D eigenvalue weighted by atomic mass is 79.9. The summed E-state index contributed by atoms with van der Waals surface area (Å²) in [6.07, 6.45) is 2.46. The minimum Gasteiger partial charge on any atom is -0.382 e. The van der Waals surface area contributed by atoms with Gasteiger partial charge in [-0.15, -0.1) is 0 Å². The topological polar surface area (TPSA) is 86.0 Å². The van der Waals surface area contributed by atoms with E-state index >= 15 is 0 Å². The van der Waals surface area contributed by atoms with Crippen molar-refractivity contribution in [2.45, 2.75) is 18.4 Å². The van der Waals surface area contributed by atoms with Gasteiger partial charge < -0.3 is 20.2 Å². The number of aromatic nitrogens is 3. The van der Waals surface area contributed by atoms with E-state index in [1.165, 1.54) is 5.56 Å². The van der Waals surface area contributed by atoms with Gasteiger partial charge in [0.1, 0.15) is 10.5 Å². The Morgan fingerprint density at radius 1 is 1.38 bits per heavy atom. The molecular formula is C17H21BrN4O2. The number of rotatable bonds is 7. The van der Waals surface area contributed by atoms with Gasteiger partial charge in [0.25, 0.3) is 0 Å². The molecule has 2 heterocycles. The van der Waals surface area contributed by atoms with E-state index in [2.05, 4.69) is 49.1 Å². The number of H-pyrrole nitrogens is 1. The molecule has 0 aliphatic rings. The summed E-state index contributed by atoms with van der Waals surface area (Å²) < 4.78 is 11.0. The molecule has 0 spiro atoms. The molecule has 0 aliphatic carbocycles. The number of aromatic amines is 1. The van der Waals surface area contributed by atoms with Crippen LogP contribution in [0, 0.1) is 5.92 Å². The minimum absolute atomic E-state index is 0.0622. The zero-order valence-electron chi connectivity index (χ0n) is 13.8. The molecule has 2 aromatic heterocycles. The van der Waals surface area contributed by atoms with Gasteiger partial charge in [0, 0.05) is 25.0 Å². The van der Waals surface area contributed by atoms with Gasteiger partial charge >= 0.3 is 0 Å². The molecule has 0 bridgehead atoms. The Labute approximate surface area is 148 Å². The first-order valence-electron chi connectivity index (χ1n) is 7.89. The van der Waals surface area contributed by atoms with Gasteiger partial charge in [-0.25, -0.2) is 9.97 Å². The molecule has 7 heteroatoms. The molecule has 2 atom stereocenters. The highest BCUT2D eigenvalue weighted by Crippen LogP contribution is 2.27. The average molecular weight is 393 g/mol. The van der Waals surface area contributed by atoms with Crippen LogP contribution in [0.3, 0.4) is 0 Å². The molecule has 0 amide bonds. The number of fused-ring (bicyclic) bond motifs is 3. The number of anilines is 1. The molecule has 3 aromatic rings. The molecule has 1 aromatic carbocycles. The van der Waals surface area contributed by atoms with Crippen molar-refractivity contribution in [2.75, 3.05) is 26.1 Å². The number of pyridine rings is 1. The summed E-state index contributed by atoms with van der Waals surface area (Å²) in [6.45, 7) is 3.31. The highest BCUT2D eigenvalue weighted by Gasteiger charge is 2.20. The second kappa shape index (κ2) is 7.46. The monoisotopic (exact) mass is 392 g/mol. The van der Waals surface area contributed by atoms with E-state index in [4.69, 9.17) is 15.2 Å². The first-order valence-corrected chi connectivity index (χ1v) is 8.81. The maximum Gasteiger partial charge on any atom is 0.152 e. The lowest BCUT2D eigenvalue weighted by Gasteiger charge is -2.21. The number of nitrogen functional groups attached to an aromatic ring is 1. The van der Waals surface area contributed by atoms with Crippen molar-refractivity contribution in [2.24, 2.45) is 5.92 Å². The standard InChI is InChI=1S/C17H21BrN4O2/c1-3-24-8-11(16(18)23-2)6-10-4-5-12-13(7-10)22-17(19)15-14(12)20-9-21-15/h4-5,7,9,11,16H,3,6,8H2,1-2H3,(H2,19,22)(H,20,21). The number of methoxy groups -OCH3 is 1. The molecule has 0 fully saturated rings. The van der Waals surface area contributed by atoms with Gasteiger partial charge in [0.2, 0.25) is 0 Å². The maximum atomic E-state index is 6.01. The Bertz CT molecular complexity index is 836. The first kappa shape index (κ1) is 17.1. The Morgan fingerprint density at radius 3 is 2.96 bits per heavy atom. The fourth-order valence-electron chi connectivity index (χ4n) is 2.88. The van der Waals surface area contributed by atoms with Crippen LogP contribution in [0.15, 0.2) is 24.5 Å². The summed E-state index contributed by atoms with van der Waals surface area (Å²) in [7, 11) is 1.69. The van der Waals surface area contributed by atoms with Crippen LogP contribution in [-0.4, -0.2) is 40.3 Å². The molecule has 0 saturated heterocycles. The maximum absolute atomic E-state index is 6.01. The first-order chi connectivity index (χ1) is 11.6. The fourth-order valence-corrected chi connectivity index (χ4v) is 3.22. The average Bonchev–Trinajstić information content (AvgIpc) is 3.08. The number of nitrogens with two attached hydrogens (primary N) is 1. The van der Waals surface area contributed by atoms with Crippen molar-refractivity contribution in [1.82, 2.24) is 15.0 Å². The van der Waals surface area contributed by atoms with Gasteiger partial charge in [-0.2, -0.15) is 0 Å². The zero-order chi connectivity index (χ0) is 17.1. The zero-order valence-corrected chi connectivity index (χ0v) is 15.3. The Kier molecular flexibility index (Phi) is 5.33. The smallest absolute Gasteiger partial charge is 0.152 e. The predicted molar refractivity (Wildman–Crippen MR) is 99.2 cm³/mol. The van der Waals surface area contributed by atoms with Crippen molar-refractivity contribution in [3.8, 4) is 0 Å². The molecule has 6 nitrogen and oxygen atoms in total. The van der Waals surface area contributed by atoms with E-state index in [-0.39, 0.29) is 10.9 Å². The summed E-state index contributed by atoms with van der Waals surface area (Å²) >= 11 is 3.57. The number of halogens is 1. The van der Waals surface area contributed by atoms with Crippen LogP contribution in [0.5, 0.6) is 0 Å². The number of hydrogen-bond acceptors (Lipinski definition) is 5. The van der Waals surface area contributed by atoms with Gasteiger partial charge in [0.15, 0.2) is 5.82 Å². The number of ether oxygens (including phenoxy) is 2. The van der Waals surface area contributed by atoms with Crippen LogP contribution in [0.2, 0.25) is 0 Å². The van der Waals surface area contributed by atoms with E-state index in [0.29, 0.717) is 24.5 Å². The van der Waals surface area contributed by atoms with Gasteiger partial charge in [-0.05, 0) is 25.0 Å². The molecule has 3 rings (SSSR count). The second-order valence-electron chi connectivity index (χ2n) is 5.69. The van der Waals surface area contributed by atoms with E-state index in [0.717, 1.165) is 22.8 Å². The number of hydrogen-bond donors (Lipinski definition) is 2. The Morgan fingerprint density at radius 2 is 2.21 bits per heavy atom. The minimum atomic E-state index is -0.0622.